The van der Waals surface area contributed by atoms with Gasteiger partial charge in [-0.2, -0.15) is 5.10 Å². The summed E-state index contributed by atoms with van der Waals surface area (Å²) in [6, 6.07) is 8.46. The molecule has 0 bridgehead atoms. The van der Waals surface area contributed by atoms with Gasteiger partial charge in [0.15, 0.2) is 0 Å². The second-order valence-corrected chi connectivity index (χ2v) is 5.41. The van der Waals surface area contributed by atoms with Gasteiger partial charge in [0.2, 0.25) is 5.95 Å². The lowest BCUT2D eigenvalue weighted by Gasteiger charge is -2.23. The van der Waals surface area contributed by atoms with E-state index in [0.717, 1.165) is 37.2 Å². The zero-order valence-corrected chi connectivity index (χ0v) is 13.7. The highest BCUT2D eigenvalue weighted by atomic mass is 15.4. The molecule has 0 atom stereocenters. The number of hydrogen-bond donors (Lipinski definition) is 1. The Bertz CT molecular complexity index is 606. The van der Waals surface area contributed by atoms with Gasteiger partial charge in [-0.05, 0) is 37.5 Å². The van der Waals surface area contributed by atoms with E-state index in [-0.39, 0.29) is 0 Å². The van der Waals surface area contributed by atoms with Crippen LogP contribution in [0.4, 0.5) is 11.6 Å². The third kappa shape index (κ3) is 4.10. The highest BCUT2D eigenvalue weighted by molar-refractivity contribution is 5.80. The third-order valence-electron chi connectivity index (χ3n) is 3.41. The smallest absolute Gasteiger partial charge is 0.221 e. The predicted octanol–water partition coefficient (Wildman–Crippen LogP) is 3.28. The van der Waals surface area contributed by atoms with Crippen molar-refractivity contribution >= 4 is 17.9 Å². The average molecular weight is 299 g/mol. The van der Waals surface area contributed by atoms with Crippen LogP contribution in [-0.2, 0) is 0 Å². The van der Waals surface area contributed by atoms with E-state index in [0.29, 0.717) is 5.95 Å². The largest absolute Gasteiger partial charge is 0.372 e. The molecule has 22 heavy (non-hydrogen) atoms. The van der Waals surface area contributed by atoms with E-state index >= 15 is 0 Å². The average Bonchev–Trinajstić information content (AvgIpc) is 2.83. The predicted molar refractivity (Wildman–Crippen MR) is 93.6 cm³/mol. The summed E-state index contributed by atoms with van der Waals surface area (Å²) in [6.07, 6.45) is 5.92. The fourth-order valence-electron chi connectivity index (χ4n) is 2.41. The van der Waals surface area contributed by atoms with Crippen LogP contribution in [0, 0.1) is 6.92 Å². The number of nitrogens with two attached hydrogens (primary N) is 1. The third-order valence-corrected chi connectivity index (χ3v) is 3.41. The van der Waals surface area contributed by atoms with Crippen molar-refractivity contribution in [2.75, 3.05) is 23.7 Å². The summed E-state index contributed by atoms with van der Waals surface area (Å²) in [5.41, 5.74) is 8.94. The topological polar surface area (TPSA) is 59.4 Å². The summed E-state index contributed by atoms with van der Waals surface area (Å²) in [4.78, 5) is 6.54. The van der Waals surface area contributed by atoms with Crippen LogP contribution in [0.25, 0.3) is 0 Å². The quantitative estimate of drug-likeness (QED) is 0.798. The maximum atomic E-state index is 5.77. The van der Waals surface area contributed by atoms with Crippen molar-refractivity contribution in [1.29, 1.82) is 0 Å². The van der Waals surface area contributed by atoms with Crippen molar-refractivity contribution in [3.05, 3.63) is 41.7 Å². The molecular formula is C17H25N5. The van der Waals surface area contributed by atoms with Crippen molar-refractivity contribution in [3.8, 4) is 0 Å². The zero-order valence-electron chi connectivity index (χ0n) is 13.7. The maximum Gasteiger partial charge on any atom is 0.221 e. The Hall–Kier alpha value is -2.30. The Morgan fingerprint density at radius 3 is 2.32 bits per heavy atom. The van der Waals surface area contributed by atoms with E-state index < -0.39 is 0 Å². The molecule has 1 aromatic carbocycles. The number of aryl methyl sites for hydroxylation is 1. The number of imidazole rings is 1. The Labute approximate surface area is 132 Å². The lowest BCUT2D eigenvalue weighted by molar-refractivity contribution is 0.745. The van der Waals surface area contributed by atoms with Crippen LogP contribution < -0.4 is 10.6 Å². The highest BCUT2D eigenvalue weighted by Crippen LogP contribution is 2.15. The second-order valence-electron chi connectivity index (χ2n) is 5.41. The van der Waals surface area contributed by atoms with Gasteiger partial charge in [0.1, 0.15) is 0 Å². The Kier molecular flexibility index (Phi) is 5.58. The summed E-state index contributed by atoms with van der Waals surface area (Å²) in [6.45, 7) is 8.49. The van der Waals surface area contributed by atoms with Gasteiger partial charge in [0.25, 0.3) is 0 Å². The molecule has 0 saturated heterocycles. The normalized spacial score (nSPS) is 11.2. The lowest BCUT2D eigenvalue weighted by Crippen LogP contribution is -2.24. The van der Waals surface area contributed by atoms with Crippen LogP contribution >= 0.6 is 0 Å². The molecule has 2 aromatic rings. The van der Waals surface area contributed by atoms with Crippen LogP contribution in [0.15, 0.2) is 35.6 Å². The number of anilines is 2. The maximum absolute atomic E-state index is 5.77. The Balaban J connectivity index is 2.09. The first-order valence-corrected chi connectivity index (χ1v) is 7.84. The fraction of sp³-hybridized carbons (Fsp3) is 0.412. The van der Waals surface area contributed by atoms with E-state index in [9.17, 15) is 0 Å². The van der Waals surface area contributed by atoms with Crippen molar-refractivity contribution in [2.24, 2.45) is 5.10 Å². The number of rotatable bonds is 7. The number of hydrogen-bond acceptors (Lipinski definition) is 4. The molecule has 1 aromatic heterocycles. The van der Waals surface area contributed by atoms with E-state index in [1.807, 2.05) is 13.1 Å². The van der Waals surface area contributed by atoms with Crippen molar-refractivity contribution in [3.63, 3.8) is 0 Å². The molecule has 0 aliphatic rings. The zero-order chi connectivity index (χ0) is 15.9. The number of nitrogens with zero attached hydrogens (tertiary/aromatic N) is 4. The van der Waals surface area contributed by atoms with Crippen LogP contribution in [0.1, 0.15) is 37.9 Å². The molecule has 118 valence electrons. The molecule has 0 fully saturated rings. The molecule has 0 unspecified atom stereocenters. The number of nitrogen functional groups attached to an aromatic ring is 1. The second kappa shape index (κ2) is 7.64. The lowest BCUT2D eigenvalue weighted by atomic mass is 10.2. The number of benzene rings is 1. The summed E-state index contributed by atoms with van der Waals surface area (Å²) >= 11 is 0. The van der Waals surface area contributed by atoms with Gasteiger partial charge < -0.3 is 10.6 Å². The molecule has 0 aliphatic heterocycles. The molecule has 0 amide bonds. The first-order chi connectivity index (χ1) is 10.6. The molecule has 0 saturated carbocycles. The van der Waals surface area contributed by atoms with E-state index in [1.165, 1.54) is 5.69 Å². The van der Waals surface area contributed by atoms with Gasteiger partial charge in [0.05, 0.1) is 18.1 Å². The molecule has 2 N–H and O–H groups in total. The van der Waals surface area contributed by atoms with Crippen LogP contribution in [0.5, 0.6) is 0 Å². The molecule has 2 rings (SSSR count). The fourth-order valence-corrected chi connectivity index (χ4v) is 2.41. The molecule has 0 aliphatic carbocycles. The van der Waals surface area contributed by atoms with Gasteiger partial charge in [-0.25, -0.2) is 9.66 Å². The standard InChI is InChI=1S/C17H25N5/c1-4-10-21(11-5-2)16-8-6-15(7-9-16)12-19-22-13-14(3)20-17(22)18/h6-9,12-13H,4-5,10-11H2,1-3H3,(H2,18,20). The van der Waals surface area contributed by atoms with Gasteiger partial charge in [-0.3, -0.25) is 0 Å². The first-order valence-electron chi connectivity index (χ1n) is 7.84. The van der Waals surface area contributed by atoms with Crippen LogP contribution in [0.3, 0.4) is 0 Å². The van der Waals surface area contributed by atoms with Crippen molar-refractivity contribution in [2.45, 2.75) is 33.6 Å². The number of aromatic nitrogens is 2. The molecular weight excluding hydrogens is 274 g/mol. The van der Waals surface area contributed by atoms with Gasteiger partial charge in [0, 0.05) is 18.8 Å². The SMILES string of the molecule is CCCN(CCC)c1ccc(C=Nn2cc(C)nc2N)cc1. The molecule has 0 radical (unpaired) electrons. The van der Waals surface area contributed by atoms with Crippen LogP contribution in [0.2, 0.25) is 0 Å². The Morgan fingerprint density at radius 1 is 1.18 bits per heavy atom. The molecule has 1 heterocycles. The summed E-state index contributed by atoms with van der Waals surface area (Å²) < 4.78 is 1.59. The van der Waals surface area contributed by atoms with Crippen LogP contribution in [-0.4, -0.2) is 29.0 Å². The van der Waals surface area contributed by atoms with Crippen molar-refractivity contribution in [1.82, 2.24) is 9.66 Å². The van der Waals surface area contributed by atoms with Gasteiger partial charge in [-0.15, -0.1) is 0 Å². The monoisotopic (exact) mass is 299 g/mol. The minimum absolute atomic E-state index is 0.405. The van der Waals surface area contributed by atoms with Gasteiger partial charge in [-0.1, -0.05) is 26.0 Å². The van der Waals surface area contributed by atoms with Gasteiger partial charge >= 0.3 is 0 Å². The molecule has 5 heteroatoms. The summed E-state index contributed by atoms with van der Waals surface area (Å²) in [7, 11) is 0. The van der Waals surface area contributed by atoms with E-state index in [1.54, 1.807) is 10.9 Å². The van der Waals surface area contributed by atoms with E-state index in [2.05, 4.69) is 53.1 Å². The van der Waals surface area contributed by atoms with E-state index in [4.69, 9.17) is 5.73 Å². The van der Waals surface area contributed by atoms with Crippen molar-refractivity contribution < 1.29 is 0 Å². The first kappa shape index (κ1) is 16.1. The summed E-state index contributed by atoms with van der Waals surface area (Å²) in [5.74, 6) is 0.405. The minimum atomic E-state index is 0.405. The molecule has 5 nitrogen and oxygen atoms in total. The highest BCUT2D eigenvalue weighted by Gasteiger charge is 2.04. The Morgan fingerprint density at radius 2 is 1.82 bits per heavy atom. The molecule has 0 spiro atoms. The summed E-state index contributed by atoms with van der Waals surface area (Å²) in [5, 5.41) is 4.33. The minimum Gasteiger partial charge on any atom is -0.372 e.